The van der Waals surface area contributed by atoms with Crippen molar-refractivity contribution in [1.29, 1.82) is 0 Å². The van der Waals surface area contributed by atoms with Crippen LogP contribution in [0.15, 0.2) is 0 Å². The van der Waals surface area contributed by atoms with Gasteiger partial charge in [0.1, 0.15) is 0 Å². The zero-order valence-electron chi connectivity index (χ0n) is 12.0. The van der Waals surface area contributed by atoms with Crippen LogP contribution in [-0.2, 0) is 4.79 Å². The summed E-state index contributed by atoms with van der Waals surface area (Å²) in [5.41, 5.74) is 0. The fraction of sp³-hybridized carbons (Fsp3) is 0.933. The monoisotopic (exact) mass is 273 g/mol. The minimum absolute atomic E-state index is 0.367. The molecule has 1 aliphatic heterocycles. The predicted octanol–water partition coefficient (Wildman–Crippen LogP) is 4.07. The molecule has 2 atom stereocenters. The van der Waals surface area contributed by atoms with Crippen LogP contribution in [0, 0.1) is 11.8 Å². The van der Waals surface area contributed by atoms with Crippen LogP contribution < -0.4 is 0 Å². The highest BCUT2D eigenvalue weighted by Gasteiger charge is 2.21. The van der Waals surface area contributed by atoms with Gasteiger partial charge in [-0.3, -0.25) is 4.79 Å². The van der Waals surface area contributed by atoms with E-state index in [-0.39, 0.29) is 0 Å². The highest BCUT2D eigenvalue weighted by molar-refractivity contribution is 6.17. The SMILES string of the molecule is CCCC1CCC(=O)N(CCC(C)CCCl)CC1. The second-order valence-electron chi connectivity index (χ2n) is 5.73. The number of nitrogens with zero attached hydrogens (tertiary/aromatic N) is 1. The number of carbonyl (C=O) groups excluding carboxylic acids is 1. The van der Waals surface area contributed by atoms with Crippen LogP contribution in [0.25, 0.3) is 0 Å². The van der Waals surface area contributed by atoms with E-state index in [0.717, 1.165) is 50.6 Å². The van der Waals surface area contributed by atoms with Crippen molar-refractivity contribution in [3.63, 3.8) is 0 Å². The first-order chi connectivity index (χ1) is 8.67. The van der Waals surface area contributed by atoms with Crippen molar-refractivity contribution in [1.82, 2.24) is 4.90 Å². The third-order valence-electron chi connectivity index (χ3n) is 4.12. The lowest BCUT2D eigenvalue weighted by molar-refractivity contribution is -0.130. The molecule has 1 amide bonds. The van der Waals surface area contributed by atoms with Gasteiger partial charge in [-0.1, -0.05) is 26.7 Å². The lowest BCUT2D eigenvalue weighted by atomic mass is 9.96. The molecule has 1 saturated heterocycles. The summed E-state index contributed by atoms with van der Waals surface area (Å²) in [7, 11) is 0. The second-order valence-corrected chi connectivity index (χ2v) is 6.11. The van der Waals surface area contributed by atoms with E-state index in [1.807, 2.05) is 0 Å². The van der Waals surface area contributed by atoms with Crippen molar-refractivity contribution in [2.24, 2.45) is 11.8 Å². The molecule has 0 aromatic rings. The highest BCUT2D eigenvalue weighted by Crippen LogP contribution is 2.23. The van der Waals surface area contributed by atoms with E-state index in [4.69, 9.17) is 11.6 Å². The minimum Gasteiger partial charge on any atom is -0.343 e. The second kappa shape index (κ2) is 8.79. The van der Waals surface area contributed by atoms with Gasteiger partial charge in [0.2, 0.25) is 5.91 Å². The fourth-order valence-corrected chi connectivity index (χ4v) is 3.11. The van der Waals surface area contributed by atoms with E-state index in [0.29, 0.717) is 11.8 Å². The Bertz CT molecular complexity index is 245. The molecule has 0 radical (unpaired) electrons. The summed E-state index contributed by atoms with van der Waals surface area (Å²) in [5.74, 6) is 2.49. The molecule has 2 unspecified atom stereocenters. The van der Waals surface area contributed by atoms with Gasteiger partial charge in [0, 0.05) is 25.4 Å². The Morgan fingerprint density at radius 1 is 1.39 bits per heavy atom. The Labute approximate surface area is 117 Å². The normalized spacial score (nSPS) is 22.9. The average molecular weight is 274 g/mol. The van der Waals surface area contributed by atoms with Crippen LogP contribution in [0.2, 0.25) is 0 Å². The minimum atomic E-state index is 0.367. The van der Waals surface area contributed by atoms with Gasteiger partial charge < -0.3 is 4.90 Å². The zero-order valence-corrected chi connectivity index (χ0v) is 12.7. The molecular weight excluding hydrogens is 246 g/mol. The van der Waals surface area contributed by atoms with Crippen molar-refractivity contribution in [3.8, 4) is 0 Å². The molecular formula is C15H28ClNO. The molecule has 0 aromatic heterocycles. The first kappa shape index (κ1) is 15.8. The van der Waals surface area contributed by atoms with E-state index < -0.39 is 0 Å². The summed E-state index contributed by atoms with van der Waals surface area (Å²) in [4.78, 5) is 14.1. The van der Waals surface area contributed by atoms with Crippen LogP contribution in [-0.4, -0.2) is 29.8 Å². The summed E-state index contributed by atoms with van der Waals surface area (Å²) in [6, 6.07) is 0. The number of rotatable bonds is 7. The molecule has 3 heteroatoms. The van der Waals surface area contributed by atoms with Gasteiger partial charge in [-0.15, -0.1) is 11.6 Å². The van der Waals surface area contributed by atoms with Gasteiger partial charge in [-0.2, -0.15) is 0 Å². The molecule has 2 nitrogen and oxygen atoms in total. The Morgan fingerprint density at radius 2 is 2.17 bits per heavy atom. The van der Waals surface area contributed by atoms with Crippen LogP contribution in [0.1, 0.15) is 58.8 Å². The summed E-state index contributed by atoms with van der Waals surface area (Å²) in [6.07, 6.45) is 7.73. The molecule has 0 aliphatic carbocycles. The van der Waals surface area contributed by atoms with Crippen LogP contribution in [0.3, 0.4) is 0 Å². The zero-order chi connectivity index (χ0) is 13.4. The van der Waals surface area contributed by atoms with Crippen molar-refractivity contribution in [2.75, 3.05) is 19.0 Å². The van der Waals surface area contributed by atoms with Crippen molar-refractivity contribution in [2.45, 2.75) is 58.8 Å². The summed E-state index contributed by atoms with van der Waals surface area (Å²) >= 11 is 5.75. The first-order valence-electron chi connectivity index (χ1n) is 7.51. The maximum atomic E-state index is 12.0. The van der Waals surface area contributed by atoms with Gasteiger partial charge in [-0.05, 0) is 37.5 Å². The molecule has 0 saturated carbocycles. The first-order valence-corrected chi connectivity index (χ1v) is 8.04. The number of carbonyl (C=O) groups is 1. The van der Waals surface area contributed by atoms with Gasteiger partial charge in [-0.25, -0.2) is 0 Å². The standard InChI is InChI=1S/C15H28ClNO/c1-3-4-14-5-6-15(18)17(12-9-14)11-8-13(2)7-10-16/h13-14H,3-12H2,1-2H3. The molecule has 0 aromatic carbocycles. The van der Waals surface area contributed by atoms with Gasteiger partial charge >= 0.3 is 0 Å². The largest absolute Gasteiger partial charge is 0.343 e. The van der Waals surface area contributed by atoms with Crippen LogP contribution in [0.4, 0.5) is 0 Å². The lowest BCUT2D eigenvalue weighted by Crippen LogP contribution is -2.32. The Kier molecular flexibility index (Phi) is 7.73. The maximum Gasteiger partial charge on any atom is 0.222 e. The topological polar surface area (TPSA) is 20.3 Å². The van der Waals surface area contributed by atoms with E-state index in [2.05, 4.69) is 18.7 Å². The van der Waals surface area contributed by atoms with Crippen molar-refractivity contribution >= 4 is 17.5 Å². The van der Waals surface area contributed by atoms with E-state index in [1.54, 1.807) is 0 Å². The van der Waals surface area contributed by atoms with Crippen LogP contribution in [0.5, 0.6) is 0 Å². The lowest BCUT2D eigenvalue weighted by Gasteiger charge is -2.22. The van der Waals surface area contributed by atoms with Crippen molar-refractivity contribution < 1.29 is 4.79 Å². The predicted molar refractivity (Wildman–Crippen MR) is 77.9 cm³/mol. The molecule has 0 spiro atoms. The van der Waals surface area contributed by atoms with Crippen molar-refractivity contribution in [3.05, 3.63) is 0 Å². The maximum absolute atomic E-state index is 12.0. The molecule has 1 fully saturated rings. The average Bonchev–Trinajstić information content (AvgIpc) is 2.51. The van der Waals surface area contributed by atoms with E-state index >= 15 is 0 Å². The van der Waals surface area contributed by atoms with Gasteiger partial charge in [0.25, 0.3) is 0 Å². The number of alkyl halides is 1. The fourth-order valence-electron chi connectivity index (χ4n) is 2.73. The quantitative estimate of drug-likeness (QED) is 0.641. The summed E-state index contributed by atoms with van der Waals surface area (Å²) in [5, 5.41) is 0. The molecule has 18 heavy (non-hydrogen) atoms. The Hall–Kier alpha value is -0.240. The highest BCUT2D eigenvalue weighted by atomic mass is 35.5. The number of amides is 1. The molecule has 0 bridgehead atoms. The number of hydrogen-bond donors (Lipinski definition) is 0. The summed E-state index contributed by atoms with van der Waals surface area (Å²) < 4.78 is 0. The number of hydrogen-bond acceptors (Lipinski definition) is 1. The smallest absolute Gasteiger partial charge is 0.222 e. The molecule has 1 rings (SSSR count). The molecule has 0 N–H and O–H groups in total. The van der Waals surface area contributed by atoms with Gasteiger partial charge in [0.15, 0.2) is 0 Å². The molecule has 1 aliphatic rings. The molecule has 1 heterocycles. The Morgan fingerprint density at radius 3 is 2.83 bits per heavy atom. The third kappa shape index (κ3) is 5.60. The summed E-state index contributed by atoms with van der Waals surface area (Å²) in [6.45, 7) is 6.36. The van der Waals surface area contributed by atoms with Gasteiger partial charge in [0.05, 0.1) is 0 Å². The number of likely N-dealkylation sites (tertiary alicyclic amines) is 1. The third-order valence-corrected chi connectivity index (χ3v) is 4.34. The van der Waals surface area contributed by atoms with Crippen LogP contribution >= 0.6 is 11.6 Å². The Balaban J connectivity index is 2.34. The number of halogens is 1. The van der Waals surface area contributed by atoms with E-state index in [1.165, 1.54) is 19.3 Å². The van der Waals surface area contributed by atoms with E-state index in [9.17, 15) is 4.79 Å². The molecule has 106 valence electrons.